The molecule has 0 atom stereocenters. The van der Waals surface area contributed by atoms with E-state index in [4.69, 9.17) is 9.47 Å². The number of nitrogens with one attached hydrogen (secondary N) is 1. The van der Waals surface area contributed by atoms with Crippen LogP contribution in [0.5, 0.6) is 0 Å². The second kappa shape index (κ2) is 8.86. The van der Waals surface area contributed by atoms with Crippen LogP contribution in [-0.2, 0) is 9.47 Å². The fourth-order valence-corrected chi connectivity index (χ4v) is 4.11. The number of ether oxygens (including phenoxy) is 2. The number of carbonyl (C=O) groups is 2. The van der Waals surface area contributed by atoms with Crippen molar-refractivity contribution in [1.29, 1.82) is 0 Å². The maximum atomic E-state index is 12.6. The van der Waals surface area contributed by atoms with Crippen molar-refractivity contribution in [3.8, 4) is 11.1 Å². The van der Waals surface area contributed by atoms with Crippen molar-refractivity contribution in [2.45, 2.75) is 12.8 Å². The highest BCUT2D eigenvalue weighted by atomic mass is 16.5. The number of anilines is 1. The van der Waals surface area contributed by atoms with E-state index in [0.29, 0.717) is 5.56 Å². The van der Waals surface area contributed by atoms with Crippen LogP contribution in [0, 0.1) is 6.92 Å². The molecule has 0 heterocycles. The standard InChI is InChI=1S/C24H22BNO6/c1-14-21(25(29)30)11-15(23(27)31-2)12-22(14)26-24(28)32-13-20-18-9-5-3-7-16(18)17-8-4-6-10-19(17)20/h3-12,20,29-30H,13H2,1-2H3,(H,26,28). The van der Waals surface area contributed by atoms with E-state index in [-0.39, 0.29) is 29.2 Å². The highest BCUT2D eigenvalue weighted by molar-refractivity contribution is 6.59. The van der Waals surface area contributed by atoms with Gasteiger partial charge in [0.05, 0.1) is 12.7 Å². The Morgan fingerprint density at radius 1 is 1.00 bits per heavy atom. The molecule has 32 heavy (non-hydrogen) atoms. The van der Waals surface area contributed by atoms with Crippen molar-refractivity contribution in [1.82, 2.24) is 0 Å². The first-order valence-corrected chi connectivity index (χ1v) is 10.1. The number of amides is 1. The van der Waals surface area contributed by atoms with Gasteiger partial charge < -0.3 is 19.5 Å². The number of carbonyl (C=O) groups excluding carboxylic acids is 2. The summed E-state index contributed by atoms with van der Waals surface area (Å²) in [6, 6.07) is 18.8. The average Bonchev–Trinajstić information content (AvgIpc) is 3.12. The van der Waals surface area contributed by atoms with Crippen LogP contribution < -0.4 is 10.8 Å². The molecule has 0 unspecified atom stereocenters. The Morgan fingerprint density at radius 2 is 1.59 bits per heavy atom. The maximum absolute atomic E-state index is 12.6. The third-order valence-corrected chi connectivity index (χ3v) is 5.73. The van der Waals surface area contributed by atoms with Gasteiger partial charge in [0.1, 0.15) is 6.61 Å². The maximum Gasteiger partial charge on any atom is 0.488 e. The molecule has 0 aromatic heterocycles. The summed E-state index contributed by atoms with van der Waals surface area (Å²) < 4.78 is 10.2. The Bertz CT molecular complexity index is 1150. The molecular formula is C24H22BNO6. The lowest BCUT2D eigenvalue weighted by atomic mass is 9.76. The largest absolute Gasteiger partial charge is 0.488 e. The summed E-state index contributed by atoms with van der Waals surface area (Å²) in [4.78, 5) is 24.5. The summed E-state index contributed by atoms with van der Waals surface area (Å²) >= 11 is 0. The number of fused-ring (bicyclic) bond motifs is 3. The molecule has 162 valence electrons. The smallest absolute Gasteiger partial charge is 0.465 e. The first kappa shape index (κ1) is 21.6. The van der Waals surface area contributed by atoms with Crippen LogP contribution in [0.25, 0.3) is 11.1 Å². The minimum absolute atomic E-state index is 0.0788. The molecular weight excluding hydrogens is 409 g/mol. The predicted molar refractivity (Wildman–Crippen MR) is 121 cm³/mol. The van der Waals surface area contributed by atoms with Gasteiger partial charge in [-0.2, -0.15) is 0 Å². The number of hydrogen-bond acceptors (Lipinski definition) is 6. The lowest BCUT2D eigenvalue weighted by molar-refractivity contribution is 0.0600. The Hall–Kier alpha value is -3.62. The fourth-order valence-electron chi connectivity index (χ4n) is 4.11. The van der Waals surface area contributed by atoms with Crippen molar-refractivity contribution in [2.75, 3.05) is 19.0 Å². The fraction of sp³-hybridized carbons (Fsp3) is 0.167. The van der Waals surface area contributed by atoms with Gasteiger partial charge in [0.2, 0.25) is 0 Å². The van der Waals surface area contributed by atoms with Crippen LogP contribution in [0.1, 0.15) is 33.0 Å². The van der Waals surface area contributed by atoms with E-state index in [9.17, 15) is 19.6 Å². The van der Waals surface area contributed by atoms with E-state index in [1.807, 2.05) is 36.4 Å². The van der Waals surface area contributed by atoms with Gasteiger partial charge in [-0.1, -0.05) is 48.5 Å². The monoisotopic (exact) mass is 431 g/mol. The Morgan fingerprint density at radius 3 is 2.16 bits per heavy atom. The van der Waals surface area contributed by atoms with E-state index in [1.165, 1.54) is 19.2 Å². The molecule has 8 heteroatoms. The zero-order valence-corrected chi connectivity index (χ0v) is 17.7. The highest BCUT2D eigenvalue weighted by Gasteiger charge is 2.29. The molecule has 0 spiro atoms. The minimum Gasteiger partial charge on any atom is -0.465 e. The Kier molecular flexibility index (Phi) is 5.98. The van der Waals surface area contributed by atoms with Gasteiger partial charge >= 0.3 is 19.2 Å². The summed E-state index contributed by atoms with van der Waals surface area (Å²) in [7, 11) is -0.599. The molecule has 0 aliphatic heterocycles. The van der Waals surface area contributed by atoms with Crippen molar-refractivity contribution in [3.05, 3.63) is 82.9 Å². The number of benzene rings is 3. The molecule has 1 aliphatic carbocycles. The summed E-state index contributed by atoms with van der Waals surface area (Å²) in [5.41, 5.74) is 5.24. The quantitative estimate of drug-likeness (QED) is 0.424. The van der Waals surface area contributed by atoms with Gasteiger partial charge in [0, 0.05) is 11.6 Å². The topological polar surface area (TPSA) is 105 Å². The van der Waals surface area contributed by atoms with E-state index < -0.39 is 19.2 Å². The van der Waals surface area contributed by atoms with Gasteiger partial charge in [-0.3, -0.25) is 5.32 Å². The minimum atomic E-state index is -1.82. The lowest BCUT2D eigenvalue weighted by Gasteiger charge is -2.17. The predicted octanol–water partition coefficient (Wildman–Crippen LogP) is 2.82. The molecule has 0 fully saturated rings. The summed E-state index contributed by atoms with van der Waals surface area (Å²) in [5, 5.41) is 21.9. The number of methoxy groups -OCH3 is 1. The number of hydrogen-bond donors (Lipinski definition) is 3. The Labute approximate surface area is 185 Å². The first-order valence-electron chi connectivity index (χ1n) is 10.1. The van der Waals surface area contributed by atoms with Crippen LogP contribution >= 0.6 is 0 Å². The van der Waals surface area contributed by atoms with Gasteiger partial charge in [0.15, 0.2) is 0 Å². The van der Waals surface area contributed by atoms with Crippen LogP contribution in [0.4, 0.5) is 10.5 Å². The second-order valence-corrected chi connectivity index (χ2v) is 7.55. The van der Waals surface area contributed by atoms with Gasteiger partial charge in [-0.05, 0) is 52.3 Å². The van der Waals surface area contributed by atoms with Crippen molar-refractivity contribution < 1.29 is 29.1 Å². The molecule has 1 amide bonds. The zero-order chi connectivity index (χ0) is 22.8. The molecule has 0 radical (unpaired) electrons. The highest BCUT2D eigenvalue weighted by Crippen LogP contribution is 2.44. The van der Waals surface area contributed by atoms with Crippen LogP contribution in [-0.4, -0.2) is 42.9 Å². The Balaban J connectivity index is 1.54. The summed E-state index contributed by atoms with van der Waals surface area (Å²) in [6.07, 6.45) is -0.713. The normalized spacial score (nSPS) is 12.0. The zero-order valence-electron chi connectivity index (χ0n) is 17.7. The van der Waals surface area contributed by atoms with E-state index in [0.717, 1.165) is 22.3 Å². The average molecular weight is 431 g/mol. The van der Waals surface area contributed by atoms with Crippen molar-refractivity contribution in [3.63, 3.8) is 0 Å². The molecule has 0 bridgehead atoms. The SMILES string of the molecule is COC(=O)c1cc(NC(=O)OCC2c3ccccc3-c3ccccc32)c(C)c(B(O)O)c1. The molecule has 0 saturated carbocycles. The van der Waals surface area contributed by atoms with Crippen LogP contribution in [0.2, 0.25) is 0 Å². The molecule has 3 N–H and O–H groups in total. The van der Waals surface area contributed by atoms with Gasteiger partial charge in [0.25, 0.3) is 0 Å². The third-order valence-electron chi connectivity index (χ3n) is 5.73. The molecule has 3 aromatic rings. The molecule has 3 aromatic carbocycles. The van der Waals surface area contributed by atoms with Gasteiger partial charge in [-0.25, -0.2) is 9.59 Å². The summed E-state index contributed by atoms with van der Waals surface area (Å²) in [6.45, 7) is 1.74. The second-order valence-electron chi connectivity index (χ2n) is 7.55. The summed E-state index contributed by atoms with van der Waals surface area (Å²) in [5.74, 6) is -0.757. The van der Waals surface area contributed by atoms with E-state index in [1.54, 1.807) is 6.92 Å². The number of rotatable bonds is 5. The lowest BCUT2D eigenvalue weighted by Crippen LogP contribution is -2.34. The van der Waals surface area contributed by atoms with E-state index >= 15 is 0 Å². The van der Waals surface area contributed by atoms with E-state index in [2.05, 4.69) is 17.4 Å². The number of esters is 1. The van der Waals surface area contributed by atoms with Crippen LogP contribution in [0.3, 0.4) is 0 Å². The molecule has 0 saturated heterocycles. The van der Waals surface area contributed by atoms with Crippen LogP contribution in [0.15, 0.2) is 60.7 Å². The first-order chi connectivity index (χ1) is 15.4. The van der Waals surface area contributed by atoms with Gasteiger partial charge in [-0.15, -0.1) is 0 Å². The van der Waals surface area contributed by atoms with Crippen molar-refractivity contribution >= 4 is 30.3 Å². The third kappa shape index (κ3) is 3.98. The van der Waals surface area contributed by atoms with Crippen molar-refractivity contribution in [2.24, 2.45) is 0 Å². The molecule has 4 rings (SSSR count). The molecule has 1 aliphatic rings. The molecule has 7 nitrogen and oxygen atoms in total.